The van der Waals surface area contributed by atoms with Gasteiger partial charge in [-0.3, -0.25) is 4.79 Å². The van der Waals surface area contributed by atoms with Gasteiger partial charge in [-0.2, -0.15) is 0 Å². The van der Waals surface area contributed by atoms with Crippen LogP contribution in [0.1, 0.15) is 31.7 Å². The molecular weight excluding hydrogens is 340 g/mol. The quantitative estimate of drug-likeness (QED) is 0.759. The molecule has 0 radical (unpaired) electrons. The van der Waals surface area contributed by atoms with Crippen molar-refractivity contribution < 1.29 is 4.79 Å². The first-order valence-corrected chi connectivity index (χ1v) is 8.23. The Hall–Kier alpha value is -1.81. The summed E-state index contributed by atoms with van der Waals surface area (Å²) in [5, 5.41) is 6.15. The van der Waals surface area contributed by atoms with Crippen LogP contribution in [-0.4, -0.2) is 12.5 Å². The molecule has 0 saturated heterocycles. The van der Waals surface area contributed by atoms with Gasteiger partial charge >= 0.3 is 0 Å². The average molecular weight is 361 g/mol. The van der Waals surface area contributed by atoms with Gasteiger partial charge in [-0.1, -0.05) is 41.9 Å². The number of nitrogens with one attached hydrogen (secondary N) is 2. The minimum atomic E-state index is 0.0157. The van der Waals surface area contributed by atoms with Gasteiger partial charge < -0.3 is 10.6 Å². The number of rotatable bonds is 6. The Balaban J connectivity index is 1.76. The molecule has 2 aromatic carbocycles. The number of carbonyl (C=O) groups excluding carboxylic acids is 1. The standard InChI is InChI=1S/C18H21BrN2O/c1-13(2)14-3-7-17(8-4-14)21-18(22)11-12-20-16-9-5-15(19)6-10-16/h3-10,13,20H,11-12H2,1-2H3,(H,21,22). The number of anilines is 2. The molecule has 0 fully saturated rings. The van der Waals surface area contributed by atoms with Crippen molar-refractivity contribution in [2.45, 2.75) is 26.2 Å². The van der Waals surface area contributed by atoms with Crippen molar-refractivity contribution in [3.8, 4) is 0 Å². The summed E-state index contributed by atoms with van der Waals surface area (Å²) in [6.07, 6.45) is 0.433. The first kappa shape index (κ1) is 16.6. The van der Waals surface area contributed by atoms with Crippen molar-refractivity contribution >= 4 is 33.2 Å². The lowest BCUT2D eigenvalue weighted by Gasteiger charge is -2.09. The summed E-state index contributed by atoms with van der Waals surface area (Å²) >= 11 is 3.40. The average Bonchev–Trinajstić information content (AvgIpc) is 2.50. The van der Waals surface area contributed by atoms with Gasteiger partial charge in [-0.05, 0) is 47.9 Å². The van der Waals surface area contributed by atoms with Gasteiger partial charge in [0.15, 0.2) is 0 Å². The van der Waals surface area contributed by atoms with Gasteiger partial charge in [0.25, 0.3) is 0 Å². The fourth-order valence-electron chi connectivity index (χ4n) is 2.06. The maximum absolute atomic E-state index is 11.9. The minimum absolute atomic E-state index is 0.0157. The zero-order valence-electron chi connectivity index (χ0n) is 12.9. The maximum Gasteiger partial charge on any atom is 0.226 e. The molecule has 0 aliphatic heterocycles. The lowest BCUT2D eigenvalue weighted by atomic mass is 10.0. The molecule has 2 rings (SSSR count). The third-order valence-corrected chi connectivity index (χ3v) is 3.92. The van der Waals surface area contributed by atoms with E-state index in [1.807, 2.05) is 36.4 Å². The Labute approximate surface area is 140 Å². The van der Waals surface area contributed by atoms with Crippen LogP contribution in [0.4, 0.5) is 11.4 Å². The Bertz CT molecular complexity index is 606. The molecule has 0 atom stereocenters. The number of carbonyl (C=O) groups is 1. The third kappa shape index (κ3) is 5.19. The first-order chi connectivity index (χ1) is 10.5. The summed E-state index contributed by atoms with van der Waals surface area (Å²) in [4.78, 5) is 11.9. The highest BCUT2D eigenvalue weighted by Gasteiger charge is 2.03. The van der Waals surface area contributed by atoms with Gasteiger partial charge in [-0.15, -0.1) is 0 Å². The Kier molecular flexibility index (Phi) is 6.01. The molecule has 3 nitrogen and oxygen atoms in total. The molecule has 0 spiro atoms. The van der Waals surface area contributed by atoms with E-state index in [-0.39, 0.29) is 5.91 Å². The lowest BCUT2D eigenvalue weighted by molar-refractivity contribution is -0.115. The molecule has 0 saturated carbocycles. The summed E-state index contributed by atoms with van der Waals surface area (Å²) in [6.45, 7) is 4.92. The van der Waals surface area contributed by atoms with E-state index < -0.39 is 0 Å². The molecule has 0 unspecified atom stereocenters. The van der Waals surface area contributed by atoms with Crippen molar-refractivity contribution in [2.75, 3.05) is 17.2 Å². The Morgan fingerprint density at radius 2 is 1.59 bits per heavy atom. The molecule has 1 amide bonds. The van der Waals surface area contributed by atoms with Gasteiger partial charge in [0, 0.05) is 28.8 Å². The SMILES string of the molecule is CC(C)c1ccc(NC(=O)CCNc2ccc(Br)cc2)cc1. The molecule has 0 aliphatic rings. The fourth-order valence-corrected chi connectivity index (χ4v) is 2.33. The predicted molar refractivity (Wildman–Crippen MR) is 96.4 cm³/mol. The first-order valence-electron chi connectivity index (χ1n) is 7.44. The summed E-state index contributed by atoms with van der Waals surface area (Å²) in [5.41, 5.74) is 3.13. The number of amides is 1. The fraction of sp³-hybridized carbons (Fsp3) is 0.278. The summed E-state index contributed by atoms with van der Waals surface area (Å²) < 4.78 is 1.04. The van der Waals surface area contributed by atoms with E-state index in [2.05, 4.69) is 52.5 Å². The van der Waals surface area contributed by atoms with Crippen LogP contribution >= 0.6 is 15.9 Å². The van der Waals surface area contributed by atoms with Crippen molar-refractivity contribution in [1.82, 2.24) is 0 Å². The molecule has 2 N–H and O–H groups in total. The second-order valence-corrected chi connectivity index (χ2v) is 6.42. The van der Waals surface area contributed by atoms with Crippen LogP contribution < -0.4 is 10.6 Å². The summed E-state index contributed by atoms with van der Waals surface area (Å²) in [6, 6.07) is 15.9. The normalized spacial score (nSPS) is 10.5. The smallest absolute Gasteiger partial charge is 0.226 e. The largest absolute Gasteiger partial charge is 0.385 e. The zero-order chi connectivity index (χ0) is 15.9. The highest BCUT2D eigenvalue weighted by atomic mass is 79.9. The number of hydrogen-bond donors (Lipinski definition) is 2. The minimum Gasteiger partial charge on any atom is -0.385 e. The number of hydrogen-bond acceptors (Lipinski definition) is 2. The summed E-state index contributed by atoms with van der Waals surface area (Å²) in [7, 11) is 0. The predicted octanol–water partition coefficient (Wildman–Crippen LogP) is 5.01. The monoisotopic (exact) mass is 360 g/mol. The maximum atomic E-state index is 11.9. The molecule has 22 heavy (non-hydrogen) atoms. The van der Waals surface area contributed by atoms with E-state index in [0.29, 0.717) is 18.9 Å². The molecule has 0 bridgehead atoms. The molecule has 2 aromatic rings. The van der Waals surface area contributed by atoms with Crippen molar-refractivity contribution in [3.05, 3.63) is 58.6 Å². The Morgan fingerprint density at radius 1 is 1.00 bits per heavy atom. The van der Waals surface area contributed by atoms with Crippen LogP contribution in [-0.2, 0) is 4.79 Å². The summed E-state index contributed by atoms with van der Waals surface area (Å²) in [5.74, 6) is 0.516. The van der Waals surface area contributed by atoms with E-state index >= 15 is 0 Å². The van der Waals surface area contributed by atoms with Crippen molar-refractivity contribution in [3.63, 3.8) is 0 Å². The molecule has 4 heteroatoms. The van der Waals surface area contributed by atoms with Gasteiger partial charge in [0.05, 0.1) is 0 Å². The molecular formula is C18H21BrN2O. The van der Waals surface area contributed by atoms with Crippen LogP contribution in [0.2, 0.25) is 0 Å². The van der Waals surface area contributed by atoms with E-state index in [1.165, 1.54) is 5.56 Å². The highest BCUT2D eigenvalue weighted by Crippen LogP contribution is 2.17. The molecule has 116 valence electrons. The van der Waals surface area contributed by atoms with Gasteiger partial charge in [-0.25, -0.2) is 0 Å². The van der Waals surface area contributed by atoms with E-state index in [0.717, 1.165) is 15.8 Å². The van der Waals surface area contributed by atoms with Crippen molar-refractivity contribution in [2.24, 2.45) is 0 Å². The second-order valence-electron chi connectivity index (χ2n) is 5.51. The number of halogens is 1. The third-order valence-electron chi connectivity index (χ3n) is 3.39. The van der Waals surface area contributed by atoms with Crippen molar-refractivity contribution in [1.29, 1.82) is 0 Å². The van der Waals surface area contributed by atoms with Gasteiger partial charge in [0.2, 0.25) is 5.91 Å². The second kappa shape index (κ2) is 7.99. The van der Waals surface area contributed by atoms with E-state index in [9.17, 15) is 4.79 Å². The van der Waals surface area contributed by atoms with E-state index in [1.54, 1.807) is 0 Å². The van der Waals surface area contributed by atoms with E-state index in [4.69, 9.17) is 0 Å². The van der Waals surface area contributed by atoms with Crippen LogP contribution in [0.25, 0.3) is 0 Å². The van der Waals surface area contributed by atoms with Crippen LogP contribution in [0.5, 0.6) is 0 Å². The van der Waals surface area contributed by atoms with Gasteiger partial charge in [0.1, 0.15) is 0 Å². The van der Waals surface area contributed by atoms with Crippen LogP contribution in [0.3, 0.4) is 0 Å². The lowest BCUT2D eigenvalue weighted by Crippen LogP contribution is -2.16. The van der Waals surface area contributed by atoms with Crippen LogP contribution in [0.15, 0.2) is 53.0 Å². The molecule has 0 heterocycles. The Morgan fingerprint density at radius 3 is 2.18 bits per heavy atom. The van der Waals surface area contributed by atoms with Crippen LogP contribution in [0, 0.1) is 0 Å². The molecule has 0 aliphatic carbocycles. The topological polar surface area (TPSA) is 41.1 Å². The number of benzene rings is 2. The zero-order valence-corrected chi connectivity index (χ0v) is 14.5. The molecule has 0 aromatic heterocycles. The highest BCUT2D eigenvalue weighted by molar-refractivity contribution is 9.10.